The minimum Gasteiger partial charge on any atom is -0.355 e. The van der Waals surface area contributed by atoms with E-state index in [2.05, 4.69) is 10.0 Å². The monoisotopic (exact) mass is 289 g/mol. The van der Waals surface area contributed by atoms with Crippen LogP contribution >= 0.6 is 0 Å². The van der Waals surface area contributed by atoms with Crippen LogP contribution in [0.5, 0.6) is 0 Å². The Balaban J connectivity index is 1.93. The zero-order chi connectivity index (χ0) is 14.0. The van der Waals surface area contributed by atoms with Crippen molar-refractivity contribution in [3.8, 4) is 0 Å². The lowest BCUT2D eigenvalue weighted by Gasteiger charge is -2.34. The lowest BCUT2D eigenvalue weighted by atomic mass is 10.0. The van der Waals surface area contributed by atoms with Gasteiger partial charge in [0.2, 0.25) is 21.8 Å². The average Bonchev–Trinajstić information content (AvgIpc) is 2.73. The molecule has 0 aromatic heterocycles. The van der Waals surface area contributed by atoms with E-state index in [0.29, 0.717) is 19.6 Å². The third kappa shape index (κ3) is 3.90. The van der Waals surface area contributed by atoms with E-state index in [4.69, 9.17) is 0 Å². The van der Waals surface area contributed by atoms with Crippen molar-refractivity contribution in [1.82, 2.24) is 14.9 Å². The third-order valence-electron chi connectivity index (χ3n) is 3.44. The molecule has 0 aromatic carbocycles. The number of hydrogen-bond acceptors (Lipinski definition) is 4. The smallest absolute Gasteiger partial charge is 0.228 e. The molecule has 7 nitrogen and oxygen atoms in total. The summed E-state index contributed by atoms with van der Waals surface area (Å²) in [5, 5.41) is 2.64. The summed E-state index contributed by atoms with van der Waals surface area (Å²) in [7, 11) is -3.26. The van der Waals surface area contributed by atoms with Gasteiger partial charge in [-0.2, -0.15) is 0 Å². The Bertz CT molecular complexity index is 476. The number of carbonyl (C=O) groups is 2. The highest BCUT2D eigenvalue weighted by molar-refractivity contribution is 7.88. The van der Waals surface area contributed by atoms with Gasteiger partial charge in [-0.15, -0.1) is 0 Å². The number of rotatable bonds is 3. The van der Waals surface area contributed by atoms with Crippen molar-refractivity contribution >= 4 is 21.8 Å². The Hall–Kier alpha value is -1.15. The molecule has 0 radical (unpaired) electrons. The first-order valence-electron chi connectivity index (χ1n) is 6.38. The van der Waals surface area contributed by atoms with Gasteiger partial charge in [-0.1, -0.05) is 0 Å². The summed E-state index contributed by atoms with van der Waals surface area (Å²) in [5.41, 5.74) is 0. The molecule has 2 atom stereocenters. The number of sulfonamides is 1. The molecule has 0 aliphatic carbocycles. The van der Waals surface area contributed by atoms with Crippen molar-refractivity contribution in [2.75, 3.05) is 25.9 Å². The van der Waals surface area contributed by atoms with E-state index in [1.807, 2.05) is 0 Å². The number of nitrogens with one attached hydrogen (secondary N) is 2. The predicted octanol–water partition coefficient (Wildman–Crippen LogP) is -1.34. The molecule has 2 fully saturated rings. The topological polar surface area (TPSA) is 95.6 Å². The number of likely N-dealkylation sites (tertiary alicyclic amines) is 1. The molecule has 0 saturated carbocycles. The third-order valence-corrected chi connectivity index (χ3v) is 4.20. The molecule has 2 aliphatic rings. The normalized spacial score (nSPS) is 28.3. The zero-order valence-electron chi connectivity index (χ0n) is 10.9. The molecule has 108 valence electrons. The first-order chi connectivity index (χ1) is 8.85. The van der Waals surface area contributed by atoms with Gasteiger partial charge in [-0.3, -0.25) is 9.59 Å². The summed E-state index contributed by atoms with van der Waals surface area (Å²) in [4.78, 5) is 25.0. The van der Waals surface area contributed by atoms with Gasteiger partial charge >= 0.3 is 0 Å². The maximum atomic E-state index is 12.2. The van der Waals surface area contributed by atoms with Gasteiger partial charge in [0.05, 0.1) is 12.2 Å². The van der Waals surface area contributed by atoms with E-state index in [0.717, 1.165) is 19.1 Å². The van der Waals surface area contributed by atoms with Gasteiger partial charge in [0.15, 0.2) is 0 Å². The summed E-state index contributed by atoms with van der Waals surface area (Å²) < 4.78 is 25.0. The highest BCUT2D eigenvalue weighted by Gasteiger charge is 2.33. The van der Waals surface area contributed by atoms with E-state index in [-0.39, 0.29) is 30.2 Å². The van der Waals surface area contributed by atoms with E-state index in [1.165, 1.54) is 0 Å². The summed E-state index contributed by atoms with van der Waals surface area (Å²) in [6, 6.07) is -0.224. The first kappa shape index (κ1) is 14.3. The van der Waals surface area contributed by atoms with E-state index >= 15 is 0 Å². The van der Waals surface area contributed by atoms with Gasteiger partial charge in [0.1, 0.15) is 0 Å². The first-order valence-corrected chi connectivity index (χ1v) is 8.27. The fourth-order valence-electron chi connectivity index (χ4n) is 2.61. The Morgan fingerprint density at radius 2 is 2.21 bits per heavy atom. The van der Waals surface area contributed by atoms with Crippen LogP contribution in [0.4, 0.5) is 0 Å². The van der Waals surface area contributed by atoms with Crippen molar-refractivity contribution in [1.29, 1.82) is 0 Å². The van der Waals surface area contributed by atoms with Gasteiger partial charge in [0.25, 0.3) is 0 Å². The van der Waals surface area contributed by atoms with Gasteiger partial charge in [0, 0.05) is 32.1 Å². The maximum absolute atomic E-state index is 12.2. The highest BCUT2D eigenvalue weighted by Crippen LogP contribution is 2.17. The summed E-state index contributed by atoms with van der Waals surface area (Å²) >= 11 is 0. The van der Waals surface area contributed by atoms with Crippen LogP contribution in [0.1, 0.15) is 19.3 Å². The van der Waals surface area contributed by atoms with Gasteiger partial charge < -0.3 is 10.2 Å². The molecule has 0 aromatic rings. The Morgan fingerprint density at radius 3 is 2.79 bits per heavy atom. The van der Waals surface area contributed by atoms with Crippen molar-refractivity contribution in [2.45, 2.75) is 25.3 Å². The van der Waals surface area contributed by atoms with Crippen LogP contribution in [0.25, 0.3) is 0 Å². The number of nitrogens with zero attached hydrogens (tertiary/aromatic N) is 1. The molecule has 2 N–H and O–H groups in total. The molecule has 0 spiro atoms. The van der Waals surface area contributed by atoms with Crippen molar-refractivity contribution < 1.29 is 18.0 Å². The standard InChI is InChI=1S/C11H19N3O4S/c1-19(17,18)13-9-3-2-4-14(7-9)11(16)8-5-10(15)12-6-8/h8-9,13H,2-7H2,1H3,(H,12,15). The number of piperidine rings is 1. The summed E-state index contributed by atoms with van der Waals surface area (Å²) in [6.07, 6.45) is 2.86. The molecule has 2 rings (SSSR count). The van der Waals surface area contributed by atoms with Gasteiger partial charge in [-0.25, -0.2) is 13.1 Å². The largest absolute Gasteiger partial charge is 0.355 e. The molecule has 2 unspecified atom stereocenters. The minimum atomic E-state index is -3.26. The second kappa shape index (κ2) is 5.46. The lowest BCUT2D eigenvalue weighted by Crippen LogP contribution is -2.50. The molecule has 0 bridgehead atoms. The van der Waals surface area contributed by atoms with Crippen molar-refractivity contribution in [3.63, 3.8) is 0 Å². The maximum Gasteiger partial charge on any atom is 0.228 e. The fourth-order valence-corrected chi connectivity index (χ4v) is 3.41. The Labute approximate surface area is 112 Å². The molecule has 2 aliphatic heterocycles. The second-order valence-electron chi connectivity index (χ2n) is 5.22. The SMILES string of the molecule is CS(=O)(=O)NC1CCCN(C(=O)C2CNC(=O)C2)C1. The summed E-state index contributed by atoms with van der Waals surface area (Å²) in [6.45, 7) is 1.40. The fraction of sp³-hybridized carbons (Fsp3) is 0.818. The predicted molar refractivity (Wildman–Crippen MR) is 68.7 cm³/mol. The molecular weight excluding hydrogens is 270 g/mol. The number of amides is 2. The number of hydrogen-bond donors (Lipinski definition) is 2. The zero-order valence-corrected chi connectivity index (χ0v) is 11.7. The lowest BCUT2D eigenvalue weighted by molar-refractivity contribution is -0.137. The van der Waals surface area contributed by atoms with E-state index < -0.39 is 10.0 Å². The van der Waals surface area contributed by atoms with E-state index in [1.54, 1.807) is 4.90 Å². The molecule has 2 amide bonds. The molecule has 19 heavy (non-hydrogen) atoms. The minimum absolute atomic E-state index is 0.0571. The van der Waals surface area contributed by atoms with Crippen LogP contribution in [0.3, 0.4) is 0 Å². The van der Waals surface area contributed by atoms with Crippen LogP contribution in [0, 0.1) is 5.92 Å². The summed E-state index contributed by atoms with van der Waals surface area (Å²) in [5.74, 6) is -0.455. The molecular formula is C11H19N3O4S. The van der Waals surface area contributed by atoms with E-state index in [9.17, 15) is 18.0 Å². The van der Waals surface area contributed by atoms with Crippen LogP contribution in [0.2, 0.25) is 0 Å². The Kier molecular flexibility index (Phi) is 4.10. The molecule has 2 saturated heterocycles. The Morgan fingerprint density at radius 1 is 1.47 bits per heavy atom. The van der Waals surface area contributed by atoms with Crippen molar-refractivity contribution in [3.05, 3.63) is 0 Å². The molecule has 8 heteroatoms. The van der Waals surface area contributed by atoms with Crippen LogP contribution in [0.15, 0.2) is 0 Å². The average molecular weight is 289 g/mol. The molecule has 2 heterocycles. The van der Waals surface area contributed by atoms with Crippen LogP contribution < -0.4 is 10.0 Å². The quantitative estimate of drug-likeness (QED) is 0.672. The highest BCUT2D eigenvalue weighted by atomic mass is 32.2. The van der Waals surface area contributed by atoms with Crippen LogP contribution in [-0.4, -0.2) is 57.1 Å². The van der Waals surface area contributed by atoms with Crippen molar-refractivity contribution in [2.24, 2.45) is 5.92 Å². The van der Waals surface area contributed by atoms with Gasteiger partial charge in [-0.05, 0) is 12.8 Å². The second-order valence-corrected chi connectivity index (χ2v) is 7.00. The van der Waals surface area contributed by atoms with Crippen LogP contribution in [-0.2, 0) is 19.6 Å². The number of carbonyl (C=O) groups excluding carboxylic acids is 2.